The Bertz CT molecular complexity index is 530. The average molecular weight is 222 g/mol. The highest BCUT2D eigenvalue weighted by Gasteiger charge is 1.97. The molecule has 0 radical (unpaired) electrons. The van der Waals surface area contributed by atoms with Gasteiger partial charge in [0.2, 0.25) is 0 Å². The molecule has 0 N–H and O–H groups in total. The Morgan fingerprint density at radius 1 is 0.882 bits per heavy atom. The Morgan fingerprint density at radius 2 is 1.53 bits per heavy atom. The summed E-state index contributed by atoms with van der Waals surface area (Å²) >= 11 is 0. The highest BCUT2D eigenvalue weighted by atomic mass is 14.0. The number of allylic oxidation sites excluding steroid dienone is 1. The molecular formula is C17H18. The molecule has 2 aromatic carbocycles. The first-order valence-electron chi connectivity index (χ1n) is 5.98. The number of rotatable bonds is 2. The van der Waals surface area contributed by atoms with Gasteiger partial charge in [-0.15, -0.1) is 0 Å². The van der Waals surface area contributed by atoms with Gasteiger partial charge in [0.1, 0.15) is 0 Å². The van der Waals surface area contributed by atoms with E-state index in [1.165, 1.54) is 27.8 Å². The van der Waals surface area contributed by atoms with Crippen molar-refractivity contribution in [2.24, 2.45) is 0 Å². The average Bonchev–Trinajstić information content (AvgIpc) is 2.33. The summed E-state index contributed by atoms with van der Waals surface area (Å²) in [5.74, 6) is 0. The van der Waals surface area contributed by atoms with Crippen LogP contribution in [-0.4, -0.2) is 0 Å². The molecule has 0 nitrogen and oxygen atoms in total. The van der Waals surface area contributed by atoms with Gasteiger partial charge in [-0.3, -0.25) is 0 Å². The molecule has 0 saturated heterocycles. The van der Waals surface area contributed by atoms with Crippen LogP contribution in [0.3, 0.4) is 0 Å². The second kappa shape index (κ2) is 5.01. The van der Waals surface area contributed by atoms with Crippen LogP contribution in [0, 0.1) is 13.8 Å². The molecule has 17 heavy (non-hydrogen) atoms. The Morgan fingerprint density at radius 3 is 2.18 bits per heavy atom. The smallest absolute Gasteiger partial charge is 0.0225 e. The Kier molecular flexibility index (Phi) is 3.43. The molecule has 0 heteroatoms. The van der Waals surface area contributed by atoms with Crippen molar-refractivity contribution in [3.8, 4) is 0 Å². The van der Waals surface area contributed by atoms with Crippen LogP contribution in [0.25, 0.3) is 11.6 Å². The van der Waals surface area contributed by atoms with Crippen LogP contribution < -0.4 is 0 Å². The maximum atomic E-state index is 2.25. The molecule has 0 amide bonds. The number of benzene rings is 2. The van der Waals surface area contributed by atoms with Gasteiger partial charge in [-0.05, 0) is 43.0 Å². The number of hydrogen-bond acceptors (Lipinski definition) is 0. The van der Waals surface area contributed by atoms with Gasteiger partial charge in [0.05, 0.1) is 0 Å². The molecule has 86 valence electrons. The first-order chi connectivity index (χ1) is 8.16. The quantitative estimate of drug-likeness (QED) is 0.636. The third-order valence-corrected chi connectivity index (χ3v) is 3.07. The topological polar surface area (TPSA) is 0 Å². The zero-order valence-corrected chi connectivity index (χ0v) is 10.7. The Labute approximate surface area is 104 Å². The van der Waals surface area contributed by atoms with Crippen molar-refractivity contribution in [1.29, 1.82) is 0 Å². The van der Waals surface area contributed by atoms with Gasteiger partial charge in [0.25, 0.3) is 0 Å². The minimum absolute atomic E-state index is 1.29. The van der Waals surface area contributed by atoms with Gasteiger partial charge in [0.15, 0.2) is 0 Å². The molecule has 2 rings (SSSR count). The van der Waals surface area contributed by atoms with Gasteiger partial charge in [-0.25, -0.2) is 0 Å². The van der Waals surface area contributed by atoms with Crippen molar-refractivity contribution in [3.63, 3.8) is 0 Å². The maximum absolute atomic E-state index is 2.25. The molecule has 2 aromatic rings. The van der Waals surface area contributed by atoms with Gasteiger partial charge in [-0.1, -0.05) is 60.2 Å². The Balaban J connectivity index is 2.34. The van der Waals surface area contributed by atoms with E-state index in [9.17, 15) is 0 Å². The normalized spacial score (nSPS) is 11.6. The van der Waals surface area contributed by atoms with E-state index in [1.807, 2.05) is 0 Å². The molecule has 0 aromatic heterocycles. The van der Waals surface area contributed by atoms with E-state index < -0.39 is 0 Å². The van der Waals surface area contributed by atoms with Gasteiger partial charge in [-0.2, -0.15) is 0 Å². The zero-order chi connectivity index (χ0) is 12.3. The summed E-state index contributed by atoms with van der Waals surface area (Å²) in [6, 6.07) is 17.1. The molecule has 0 aliphatic carbocycles. The standard InChI is InChI=1S/C17H18/c1-13-8-10-16(11-9-13)15(3)12-17-7-5-4-6-14(17)2/h4-12H,1-3H3/b15-12+. The van der Waals surface area contributed by atoms with E-state index in [0.29, 0.717) is 0 Å². The first kappa shape index (κ1) is 11.7. The van der Waals surface area contributed by atoms with Crippen LogP contribution in [-0.2, 0) is 0 Å². The molecule has 0 unspecified atom stereocenters. The predicted octanol–water partition coefficient (Wildman–Crippen LogP) is 4.86. The summed E-state index contributed by atoms with van der Waals surface area (Å²) in [4.78, 5) is 0. The van der Waals surface area contributed by atoms with Gasteiger partial charge < -0.3 is 0 Å². The van der Waals surface area contributed by atoms with Crippen molar-refractivity contribution in [1.82, 2.24) is 0 Å². The minimum Gasteiger partial charge on any atom is -0.0620 e. The largest absolute Gasteiger partial charge is 0.0620 e. The summed E-state index contributed by atoms with van der Waals surface area (Å²) in [5, 5.41) is 0. The molecule has 0 saturated carbocycles. The lowest BCUT2D eigenvalue weighted by atomic mass is 10.0. The van der Waals surface area contributed by atoms with Crippen LogP contribution >= 0.6 is 0 Å². The second-order valence-corrected chi connectivity index (χ2v) is 4.55. The third-order valence-electron chi connectivity index (χ3n) is 3.07. The summed E-state index contributed by atoms with van der Waals surface area (Å²) in [6.45, 7) is 6.43. The lowest BCUT2D eigenvalue weighted by Crippen LogP contribution is -1.83. The number of aryl methyl sites for hydroxylation is 2. The van der Waals surface area contributed by atoms with Crippen molar-refractivity contribution in [2.75, 3.05) is 0 Å². The fraction of sp³-hybridized carbons (Fsp3) is 0.176. The minimum atomic E-state index is 1.29. The zero-order valence-electron chi connectivity index (χ0n) is 10.7. The van der Waals surface area contributed by atoms with E-state index in [0.717, 1.165) is 0 Å². The highest BCUT2D eigenvalue weighted by Crippen LogP contribution is 2.19. The monoisotopic (exact) mass is 222 g/mol. The molecule has 0 bridgehead atoms. The summed E-state index contributed by atoms with van der Waals surface area (Å²) < 4.78 is 0. The Hall–Kier alpha value is -1.82. The predicted molar refractivity (Wildman–Crippen MR) is 75.9 cm³/mol. The number of hydrogen-bond donors (Lipinski definition) is 0. The van der Waals surface area contributed by atoms with E-state index >= 15 is 0 Å². The third kappa shape index (κ3) is 2.85. The molecule has 0 aliphatic rings. The van der Waals surface area contributed by atoms with E-state index in [1.54, 1.807) is 0 Å². The van der Waals surface area contributed by atoms with E-state index in [4.69, 9.17) is 0 Å². The van der Waals surface area contributed by atoms with Crippen molar-refractivity contribution in [3.05, 3.63) is 70.8 Å². The molecule has 0 spiro atoms. The van der Waals surface area contributed by atoms with Crippen LogP contribution in [0.15, 0.2) is 48.5 Å². The van der Waals surface area contributed by atoms with Crippen molar-refractivity contribution < 1.29 is 0 Å². The van der Waals surface area contributed by atoms with Gasteiger partial charge in [0, 0.05) is 0 Å². The summed E-state index contributed by atoms with van der Waals surface area (Å²) in [6.07, 6.45) is 2.25. The molecular weight excluding hydrogens is 204 g/mol. The lowest BCUT2D eigenvalue weighted by molar-refractivity contribution is 1.43. The molecule has 0 fully saturated rings. The second-order valence-electron chi connectivity index (χ2n) is 4.55. The first-order valence-corrected chi connectivity index (χ1v) is 5.98. The van der Waals surface area contributed by atoms with Crippen molar-refractivity contribution in [2.45, 2.75) is 20.8 Å². The summed E-state index contributed by atoms with van der Waals surface area (Å²) in [7, 11) is 0. The van der Waals surface area contributed by atoms with Crippen LogP contribution in [0.5, 0.6) is 0 Å². The molecule has 0 atom stereocenters. The maximum Gasteiger partial charge on any atom is -0.0225 e. The fourth-order valence-corrected chi connectivity index (χ4v) is 1.88. The molecule has 0 aliphatic heterocycles. The lowest BCUT2D eigenvalue weighted by Gasteiger charge is -2.04. The van der Waals surface area contributed by atoms with Crippen LogP contribution in [0.1, 0.15) is 29.2 Å². The SMILES string of the molecule is C/C(=C\c1ccccc1C)c1ccc(C)cc1. The highest BCUT2D eigenvalue weighted by molar-refractivity contribution is 5.81. The molecule has 0 heterocycles. The fourth-order valence-electron chi connectivity index (χ4n) is 1.88. The van der Waals surface area contributed by atoms with Crippen LogP contribution in [0.2, 0.25) is 0 Å². The van der Waals surface area contributed by atoms with Crippen molar-refractivity contribution >= 4 is 11.6 Å². The van der Waals surface area contributed by atoms with Crippen LogP contribution in [0.4, 0.5) is 0 Å². The van der Waals surface area contributed by atoms with E-state index in [2.05, 4.69) is 75.4 Å². The van der Waals surface area contributed by atoms with E-state index in [-0.39, 0.29) is 0 Å². The van der Waals surface area contributed by atoms with Gasteiger partial charge >= 0.3 is 0 Å². The summed E-state index contributed by atoms with van der Waals surface area (Å²) in [5.41, 5.74) is 6.51.